The van der Waals surface area contributed by atoms with Crippen LogP contribution >= 0.6 is 0 Å². The molecule has 0 saturated heterocycles. The van der Waals surface area contributed by atoms with Crippen molar-refractivity contribution in [1.82, 2.24) is 5.32 Å². The molecule has 0 aliphatic carbocycles. The predicted molar refractivity (Wildman–Crippen MR) is 63.1 cm³/mol. The number of nitrogens with one attached hydrogen (secondary N) is 1. The van der Waals surface area contributed by atoms with Gasteiger partial charge in [0, 0.05) is 18.0 Å². The van der Waals surface area contributed by atoms with Crippen molar-refractivity contribution in [2.24, 2.45) is 0 Å². The van der Waals surface area contributed by atoms with E-state index in [9.17, 15) is 30.7 Å². The van der Waals surface area contributed by atoms with Gasteiger partial charge in [0.1, 0.15) is 5.82 Å². The third-order valence-corrected chi connectivity index (χ3v) is 2.87. The molecule has 0 bridgehead atoms. The molecule has 0 aliphatic rings. The Morgan fingerprint density at radius 1 is 1.10 bits per heavy atom. The van der Waals surface area contributed by atoms with Gasteiger partial charge in [0.15, 0.2) is 0 Å². The lowest BCUT2D eigenvalue weighted by molar-refractivity contribution is -0.138. The highest BCUT2D eigenvalue weighted by molar-refractivity contribution is 5.29. The summed E-state index contributed by atoms with van der Waals surface area (Å²) in [5.74, 6) is -0.962. The number of alkyl halides is 6. The van der Waals surface area contributed by atoms with Crippen molar-refractivity contribution in [3.05, 3.63) is 35.1 Å². The van der Waals surface area contributed by atoms with Crippen LogP contribution in [0.25, 0.3) is 0 Å². The van der Waals surface area contributed by atoms with Gasteiger partial charge >= 0.3 is 12.4 Å². The van der Waals surface area contributed by atoms with Crippen molar-refractivity contribution in [2.45, 2.75) is 38.2 Å². The number of rotatable bonds is 5. The van der Waals surface area contributed by atoms with Gasteiger partial charge in [0.05, 0.1) is 5.56 Å². The van der Waals surface area contributed by atoms with Gasteiger partial charge in [-0.15, -0.1) is 0 Å². The first-order valence-electron chi connectivity index (χ1n) is 6.21. The van der Waals surface area contributed by atoms with Crippen LogP contribution in [0.3, 0.4) is 0 Å². The average molecular weight is 317 g/mol. The van der Waals surface area contributed by atoms with Gasteiger partial charge in [0.2, 0.25) is 0 Å². The molecular weight excluding hydrogens is 303 g/mol. The molecule has 1 atom stereocenters. The lowest BCUT2D eigenvalue weighted by Crippen LogP contribution is -2.24. The maximum Gasteiger partial charge on any atom is 0.416 e. The van der Waals surface area contributed by atoms with Crippen molar-refractivity contribution < 1.29 is 30.7 Å². The third-order valence-electron chi connectivity index (χ3n) is 2.87. The van der Waals surface area contributed by atoms with Gasteiger partial charge in [-0.05, 0) is 31.2 Å². The van der Waals surface area contributed by atoms with Crippen molar-refractivity contribution in [1.29, 1.82) is 0 Å². The summed E-state index contributed by atoms with van der Waals surface area (Å²) in [4.78, 5) is 0. The van der Waals surface area contributed by atoms with Gasteiger partial charge in [-0.25, -0.2) is 4.39 Å². The Kier molecular flexibility index (Phi) is 5.61. The van der Waals surface area contributed by atoms with E-state index in [1.807, 2.05) is 0 Å². The summed E-state index contributed by atoms with van der Waals surface area (Å²) in [6.07, 6.45) is -10.9. The molecule has 1 unspecified atom stereocenters. The fraction of sp³-hybridized carbons (Fsp3) is 0.538. The van der Waals surface area contributed by atoms with Gasteiger partial charge in [-0.2, -0.15) is 26.3 Å². The van der Waals surface area contributed by atoms with Crippen LogP contribution in [0.1, 0.15) is 36.9 Å². The minimum atomic E-state index is -4.68. The minimum absolute atomic E-state index is 0.207. The van der Waals surface area contributed by atoms with E-state index >= 15 is 0 Å². The van der Waals surface area contributed by atoms with Crippen LogP contribution in [0, 0.1) is 5.82 Å². The quantitative estimate of drug-likeness (QED) is 0.767. The molecule has 0 fully saturated rings. The SMILES string of the molecule is CCNC(CCC(F)(F)F)c1cc(C(F)(F)F)ccc1F. The van der Waals surface area contributed by atoms with E-state index in [2.05, 4.69) is 5.32 Å². The normalized spacial score (nSPS) is 14.3. The van der Waals surface area contributed by atoms with Crippen molar-refractivity contribution >= 4 is 0 Å². The molecule has 0 radical (unpaired) electrons. The largest absolute Gasteiger partial charge is 0.416 e. The maximum absolute atomic E-state index is 13.7. The average Bonchev–Trinajstić information content (AvgIpc) is 2.33. The van der Waals surface area contributed by atoms with Crippen LogP contribution in [0.15, 0.2) is 18.2 Å². The van der Waals surface area contributed by atoms with Crippen LogP contribution in [0.4, 0.5) is 30.7 Å². The van der Waals surface area contributed by atoms with E-state index < -0.39 is 48.2 Å². The zero-order valence-electron chi connectivity index (χ0n) is 11.1. The molecular formula is C13H14F7N. The molecule has 0 amide bonds. The van der Waals surface area contributed by atoms with E-state index in [1.54, 1.807) is 6.92 Å². The Bertz CT molecular complexity index is 465. The van der Waals surface area contributed by atoms with E-state index in [1.165, 1.54) is 0 Å². The minimum Gasteiger partial charge on any atom is -0.310 e. The van der Waals surface area contributed by atoms with Crippen LogP contribution < -0.4 is 5.32 Å². The monoisotopic (exact) mass is 317 g/mol. The van der Waals surface area contributed by atoms with E-state index in [-0.39, 0.29) is 6.54 Å². The van der Waals surface area contributed by atoms with Gasteiger partial charge in [0.25, 0.3) is 0 Å². The molecule has 8 heteroatoms. The number of halogens is 7. The van der Waals surface area contributed by atoms with Crippen molar-refractivity contribution in [3.8, 4) is 0 Å². The standard InChI is InChI=1S/C13H14F7N/c1-2-21-11(5-6-12(15,16)17)9-7-8(13(18,19)20)3-4-10(9)14/h3-4,7,11,21H,2,5-6H2,1H3. The molecule has 0 aliphatic heterocycles. The fourth-order valence-electron chi connectivity index (χ4n) is 1.91. The van der Waals surface area contributed by atoms with E-state index in [4.69, 9.17) is 0 Å². The highest BCUT2D eigenvalue weighted by atomic mass is 19.4. The van der Waals surface area contributed by atoms with Crippen LogP contribution in [-0.2, 0) is 6.18 Å². The first-order valence-corrected chi connectivity index (χ1v) is 6.21. The third kappa shape index (κ3) is 5.53. The maximum atomic E-state index is 13.7. The molecule has 1 N–H and O–H groups in total. The molecule has 120 valence electrons. The first kappa shape index (κ1) is 17.7. The molecule has 1 nitrogen and oxygen atoms in total. The van der Waals surface area contributed by atoms with Gasteiger partial charge < -0.3 is 5.32 Å². The number of benzene rings is 1. The summed E-state index contributed by atoms with van der Waals surface area (Å²) in [6, 6.07) is 0.611. The Hall–Kier alpha value is -1.31. The van der Waals surface area contributed by atoms with Crippen LogP contribution in [0.5, 0.6) is 0 Å². The molecule has 1 rings (SSSR count). The summed E-state index contributed by atoms with van der Waals surface area (Å²) in [6.45, 7) is 1.78. The topological polar surface area (TPSA) is 12.0 Å². The summed E-state index contributed by atoms with van der Waals surface area (Å²) >= 11 is 0. The van der Waals surface area contributed by atoms with E-state index in [0.717, 1.165) is 0 Å². The van der Waals surface area contributed by atoms with Gasteiger partial charge in [-0.3, -0.25) is 0 Å². The Balaban J connectivity index is 3.06. The van der Waals surface area contributed by atoms with Crippen molar-refractivity contribution in [3.63, 3.8) is 0 Å². The second kappa shape index (κ2) is 6.64. The second-order valence-electron chi connectivity index (χ2n) is 4.50. The fourth-order valence-corrected chi connectivity index (χ4v) is 1.91. The van der Waals surface area contributed by atoms with E-state index in [0.29, 0.717) is 18.2 Å². The zero-order chi connectivity index (χ0) is 16.3. The first-order chi connectivity index (χ1) is 9.54. The molecule has 1 aromatic carbocycles. The lowest BCUT2D eigenvalue weighted by atomic mass is 9.98. The molecule has 0 spiro atoms. The van der Waals surface area contributed by atoms with Crippen molar-refractivity contribution in [2.75, 3.05) is 6.54 Å². The van der Waals surface area contributed by atoms with Crippen LogP contribution in [-0.4, -0.2) is 12.7 Å². The lowest BCUT2D eigenvalue weighted by Gasteiger charge is -2.21. The highest BCUT2D eigenvalue weighted by Gasteiger charge is 2.33. The second-order valence-corrected chi connectivity index (χ2v) is 4.50. The number of hydrogen-bond donors (Lipinski definition) is 1. The summed E-state index contributed by atoms with van der Waals surface area (Å²) in [5, 5.41) is 2.58. The molecule has 0 heterocycles. The Morgan fingerprint density at radius 3 is 2.19 bits per heavy atom. The predicted octanol–water partition coefficient (Wildman–Crippen LogP) is 4.84. The summed E-state index contributed by atoms with van der Waals surface area (Å²) in [5.41, 5.74) is -1.50. The summed E-state index contributed by atoms with van der Waals surface area (Å²) in [7, 11) is 0. The molecule has 1 aromatic rings. The van der Waals surface area contributed by atoms with Gasteiger partial charge in [-0.1, -0.05) is 6.92 Å². The molecule has 0 aromatic heterocycles. The summed E-state index contributed by atoms with van der Waals surface area (Å²) < 4.78 is 88.2. The smallest absolute Gasteiger partial charge is 0.310 e. The molecule has 21 heavy (non-hydrogen) atoms. The Morgan fingerprint density at radius 2 is 1.71 bits per heavy atom. The number of hydrogen-bond acceptors (Lipinski definition) is 1. The highest BCUT2D eigenvalue weighted by Crippen LogP contribution is 2.34. The Labute approximate surface area is 117 Å². The zero-order valence-corrected chi connectivity index (χ0v) is 11.1. The molecule has 0 saturated carbocycles. The van der Waals surface area contributed by atoms with Crippen LogP contribution in [0.2, 0.25) is 0 Å².